The Morgan fingerprint density at radius 2 is 1.82 bits per heavy atom. The molecule has 2 aromatic carbocycles. The molecule has 2 aromatic heterocycles. The van der Waals surface area contributed by atoms with Crippen LogP contribution in [0.2, 0.25) is 0 Å². The number of benzene rings is 2. The molecule has 2 aliphatic rings. The van der Waals surface area contributed by atoms with Crippen molar-refractivity contribution in [2.45, 2.75) is 31.1 Å². The molecule has 6 rings (SSSR count). The van der Waals surface area contributed by atoms with Crippen molar-refractivity contribution in [3.8, 4) is 11.1 Å². The molecule has 174 valence electrons. The molecule has 1 fully saturated rings. The van der Waals surface area contributed by atoms with Crippen molar-refractivity contribution in [2.24, 2.45) is 0 Å². The van der Waals surface area contributed by atoms with Crippen LogP contribution >= 0.6 is 0 Å². The Morgan fingerprint density at radius 1 is 1.03 bits per heavy atom. The molecule has 4 heterocycles. The van der Waals surface area contributed by atoms with Crippen molar-refractivity contribution in [3.63, 3.8) is 0 Å². The summed E-state index contributed by atoms with van der Waals surface area (Å²) < 4.78 is 35.9. The van der Waals surface area contributed by atoms with Gasteiger partial charge in [-0.25, -0.2) is 23.7 Å². The van der Waals surface area contributed by atoms with Crippen LogP contribution < -0.4 is 4.90 Å². The molecule has 2 aliphatic heterocycles. The predicted octanol–water partition coefficient (Wildman–Crippen LogP) is 3.82. The Labute approximate surface area is 194 Å². The second-order valence-electron chi connectivity index (χ2n) is 8.80. The van der Waals surface area contributed by atoms with Gasteiger partial charge in [-0.05, 0) is 29.7 Å². The number of nitrogens with zero attached hydrogens (tertiary/aromatic N) is 5. The van der Waals surface area contributed by atoms with Gasteiger partial charge in [0, 0.05) is 24.5 Å². The number of rotatable bonds is 3. The quantitative estimate of drug-likeness (QED) is 0.498. The highest BCUT2D eigenvalue weighted by Gasteiger charge is 2.44. The average molecular weight is 463 g/mol. The number of alkyl halides is 2. The van der Waals surface area contributed by atoms with Gasteiger partial charge in [-0.15, -0.1) is 0 Å². The minimum absolute atomic E-state index is 0.0204. The second kappa shape index (κ2) is 8.11. The fraction of sp³-hybridized carbons (Fsp3) is 0.320. The first-order chi connectivity index (χ1) is 16.5. The zero-order valence-corrected chi connectivity index (χ0v) is 18.3. The van der Waals surface area contributed by atoms with Crippen LogP contribution in [0.5, 0.6) is 0 Å². The zero-order valence-electron chi connectivity index (χ0n) is 18.3. The molecule has 1 saturated heterocycles. The minimum Gasteiger partial charge on any atom is -0.387 e. The summed E-state index contributed by atoms with van der Waals surface area (Å²) >= 11 is 0. The van der Waals surface area contributed by atoms with E-state index in [4.69, 9.17) is 9.72 Å². The molecule has 0 bridgehead atoms. The normalized spacial score (nSPS) is 22.0. The van der Waals surface area contributed by atoms with Gasteiger partial charge in [-0.1, -0.05) is 36.4 Å². The minimum atomic E-state index is -3.18. The highest BCUT2D eigenvalue weighted by Crippen LogP contribution is 2.33. The molecular weight excluding hydrogens is 440 g/mol. The van der Waals surface area contributed by atoms with E-state index in [1.165, 1.54) is 4.90 Å². The summed E-state index contributed by atoms with van der Waals surface area (Å²) in [6.45, 7) is 0.720. The van der Waals surface area contributed by atoms with Crippen molar-refractivity contribution in [1.82, 2.24) is 19.5 Å². The third kappa shape index (κ3) is 3.61. The van der Waals surface area contributed by atoms with Gasteiger partial charge in [0.05, 0.1) is 30.2 Å². The van der Waals surface area contributed by atoms with Crippen molar-refractivity contribution in [3.05, 3.63) is 72.3 Å². The number of aromatic nitrogens is 4. The molecular formula is C25H23F2N5O2. The predicted molar refractivity (Wildman–Crippen MR) is 123 cm³/mol. The lowest BCUT2D eigenvalue weighted by Crippen LogP contribution is -2.52. The molecule has 34 heavy (non-hydrogen) atoms. The molecule has 0 amide bonds. The van der Waals surface area contributed by atoms with Gasteiger partial charge >= 0.3 is 0 Å². The molecule has 0 saturated carbocycles. The molecule has 4 aromatic rings. The largest absolute Gasteiger partial charge is 0.387 e. The molecule has 2 atom stereocenters. The maximum Gasteiger partial charge on any atom is 0.290 e. The van der Waals surface area contributed by atoms with Crippen LogP contribution in [-0.2, 0) is 11.3 Å². The third-order valence-corrected chi connectivity index (χ3v) is 6.58. The van der Waals surface area contributed by atoms with E-state index < -0.39 is 18.6 Å². The number of hydrogen-bond donors (Lipinski definition) is 1. The number of aliphatic hydroxyl groups is 1. The lowest BCUT2D eigenvalue weighted by Gasteiger charge is -2.35. The Hall–Kier alpha value is -3.43. The van der Waals surface area contributed by atoms with Crippen LogP contribution in [0.25, 0.3) is 22.2 Å². The van der Waals surface area contributed by atoms with Gasteiger partial charge in [0.25, 0.3) is 5.92 Å². The van der Waals surface area contributed by atoms with Gasteiger partial charge in [0.15, 0.2) is 0 Å². The van der Waals surface area contributed by atoms with E-state index in [1.54, 1.807) is 12.4 Å². The first kappa shape index (κ1) is 21.1. The summed E-state index contributed by atoms with van der Waals surface area (Å²) in [4.78, 5) is 14.9. The number of imidazole rings is 1. The Kier molecular flexibility index (Phi) is 5.04. The van der Waals surface area contributed by atoms with Gasteiger partial charge in [0.1, 0.15) is 18.5 Å². The molecule has 1 N–H and O–H groups in total. The van der Waals surface area contributed by atoms with E-state index in [0.717, 1.165) is 33.5 Å². The first-order valence-corrected chi connectivity index (χ1v) is 11.3. The van der Waals surface area contributed by atoms with Gasteiger partial charge in [-0.3, -0.25) is 0 Å². The number of fused-ring (bicyclic) bond motifs is 3. The standard InChI is InChI=1S/C25H23F2N5O2/c26-25(27)15-31(9-8-22(25)33)24-28-11-18(12-29-24)17-6-7-19-20(10-17)32-21(13-34-14-23(32)30-19)16-4-2-1-3-5-16/h1-7,10-12,21-22,33H,8-9,13-15H2/t21-,22?/m1/s1. The number of ether oxygens (including phenoxy) is 1. The summed E-state index contributed by atoms with van der Waals surface area (Å²) in [5.41, 5.74) is 4.74. The van der Waals surface area contributed by atoms with E-state index in [-0.39, 0.29) is 25.0 Å². The fourth-order valence-corrected chi connectivity index (χ4v) is 4.76. The van der Waals surface area contributed by atoms with Crippen LogP contribution in [0.1, 0.15) is 23.9 Å². The van der Waals surface area contributed by atoms with Crippen LogP contribution in [0.4, 0.5) is 14.7 Å². The Balaban J connectivity index is 1.33. The third-order valence-electron chi connectivity index (χ3n) is 6.58. The first-order valence-electron chi connectivity index (χ1n) is 11.3. The zero-order chi connectivity index (χ0) is 23.3. The van der Waals surface area contributed by atoms with Crippen molar-refractivity contribution in [2.75, 3.05) is 24.6 Å². The molecule has 1 unspecified atom stereocenters. The lowest BCUT2D eigenvalue weighted by molar-refractivity contribution is -0.113. The second-order valence-corrected chi connectivity index (χ2v) is 8.80. The number of halogens is 2. The van der Waals surface area contributed by atoms with Gasteiger partial charge in [-0.2, -0.15) is 0 Å². The summed E-state index contributed by atoms with van der Waals surface area (Å²) in [6.07, 6.45) is 1.66. The topological polar surface area (TPSA) is 76.3 Å². The fourth-order valence-electron chi connectivity index (χ4n) is 4.76. The van der Waals surface area contributed by atoms with E-state index >= 15 is 0 Å². The highest BCUT2D eigenvalue weighted by molar-refractivity contribution is 5.83. The van der Waals surface area contributed by atoms with Gasteiger partial charge < -0.3 is 19.3 Å². The maximum absolute atomic E-state index is 13.9. The van der Waals surface area contributed by atoms with Crippen LogP contribution in [0, 0.1) is 0 Å². The number of aliphatic hydroxyl groups excluding tert-OH is 1. The van der Waals surface area contributed by atoms with E-state index in [2.05, 4.69) is 32.7 Å². The highest BCUT2D eigenvalue weighted by atomic mass is 19.3. The summed E-state index contributed by atoms with van der Waals surface area (Å²) in [5.74, 6) is -2.06. The lowest BCUT2D eigenvalue weighted by atomic mass is 10.0. The smallest absolute Gasteiger partial charge is 0.290 e. The summed E-state index contributed by atoms with van der Waals surface area (Å²) in [5, 5.41) is 9.51. The Morgan fingerprint density at radius 3 is 2.59 bits per heavy atom. The number of anilines is 1. The molecule has 0 aliphatic carbocycles. The van der Waals surface area contributed by atoms with Crippen molar-refractivity contribution in [1.29, 1.82) is 0 Å². The van der Waals surface area contributed by atoms with E-state index in [0.29, 0.717) is 13.2 Å². The number of piperidine rings is 1. The molecule has 9 heteroatoms. The Bertz CT molecular complexity index is 1330. The van der Waals surface area contributed by atoms with Crippen LogP contribution in [0.3, 0.4) is 0 Å². The van der Waals surface area contributed by atoms with E-state index in [1.807, 2.05) is 30.3 Å². The SMILES string of the molecule is OC1CCN(c2ncc(-c3ccc4nc5n(c4c3)[C@@H](c3ccccc3)COC5)cn2)CC1(F)F. The van der Waals surface area contributed by atoms with Crippen LogP contribution in [-0.4, -0.2) is 56.3 Å². The van der Waals surface area contributed by atoms with E-state index in [9.17, 15) is 13.9 Å². The monoisotopic (exact) mass is 463 g/mol. The summed E-state index contributed by atoms with van der Waals surface area (Å²) in [6, 6.07) is 16.2. The maximum atomic E-state index is 13.9. The molecule has 7 nitrogen and oxygen atoms in total. The van der Waals surface area contributed by atoms with Crippen molar-refractivity contribution < 1.29 is 18.6 Å². The van der Waals surface area contributed by atoms with Gasteiger partial charge in [0.2, 0.25) is 5.95 Å². The average Bonchev–Trinajstić information content (AvgIpc) is 3.24. The molecule has 0 spiro atoms. The van der Waals surface area contributed by atoms with Crippen molar-refractivity contribution >= 4 is 17.0 Å². The van der Waals surface area contributed by atoms with Crippen LogP contribution in [0.15, 0.2) is 60.9 Å². The summed E-state index contributed by atoms with van der Waals surface area (Å²) in [7, 11) is 0. The molecule has 0 radical (unpaired) electrons. The number of hydrogen-bond acceptors (Lipinski definition) is 6.